The standard InChI is InChI=1S/C31H22N4S/c1-31(2)22-13-7-6-12-21(22)28-26(31)27(19-10-4-3-5-11-19)34-29(35-28)20-16-17-24(32-18-20)30-33-23-14-8-9-15-25(23)36-30/h3-18H,1-2H3. The molecule has 3 aromatic heterocycles. The van der Waals surface area contributed by atoms with E-state index in [1.165, 1.54) is 16.7 Å². The minimum Gasteiger partial charge on any atom is -0.253 e. The Morgan fingerprint density at radius 2 is 1.42 bits per heavy atom. The normalized spacial score (nSPS) is 13.5. The van der Waals surface area contributed by atoms with E-state index in [1.54, 1.807) is 11.3 Å². The molecule has 0 unspecified atom stereocenters. The number of benzene rings is 3. The van der Waals surface area contributed by atoms with Crippen molar-refractivity contribution in [1.29, 1.82) is 0 Å². The number of hydrogen-bond donors (Lipinski definition) is 0. The molecule has 0 saturated heterocycles. The molecular formula is C31H22N4S. The third-order valence-electron chi connectivity index (χ3n) is 6.97. The molecule has 7 rings (SSSR count). The number of para-hydroxylation sites is 1. The number of fused-ring (bicyclic) bond motifs is 4. The zero-order valence-electron chi connectivity index (χ0n) is 19.9. The van der Waals surface area contributed by atoms with Crippen LogP contribution in [0.5, 0.6) is 0 Å². The molecule has 3 heterocycles. The summed E-state index contributed by atoms with van der Waals surface area (Å²) < 4.78 is 1.16. The highest BCUT2D eigenvalue weighted by Gasteiger charge is 2.39. The molecule has 0 atom stereocenters. The summed E-state index contributed by atoms with van der Waals surface area (Å²) in [5.41, 5.74) is 9.28. The van der Waals surface area contributed by atoms with E-state index in [2.05, 4.69) is 74.5 Å². The number of aromatic nitrogens is 4. The molecule has 172 valence electrons. The van der Waals surface area contributed by atoms with Gasteiger partial charge >= 0.3 is 0 Å². The molecule has 0 bridgehead atoms. The van der Waals surface area contributed by atoms with Gasteiger partial charge in [-0.3, -0.25) is 4.98 Å². The molecule has 3 aromatic carbocycles. The van der Waals surface area contributed by atoms with Gasteiger partial charge in [0.25, 0.3) is 0 Å². The summed E-state index contributed by atoms with van der Waals surface area (Å²) in [5, 5.41) is 0.915. The SMILES string of the molecule is CC1(C)c2ccccc2-c2nc(-c3ccc(-c4nc5ccccc5s4)nc3)nc(-c3ccccc3)c21. The fourth-order valence-electron chi connectivity index (χ4n) is 5.19. The average molecular weight is 483 g/mol. The lowest BCUT2D eigenvalue weighted by Gasteiger charge is -2.23. The van der Waals surface area contributed by atoms with E-state index in [0.717, 1.165) is 43.4 Å². The van der Waals surface area contributed by atoms with E-state index < -0.39 is 0 Å². The summed E-state index contributed by atoms with van der Waals surface area (Å²) >= 11 is 1.66. The zero-order valence-corrected chi connectivity index (χ0v) is 20.8. The molecule has 5 heteroatoms. The summed E-state index contributed by atoms with van der Waals surface area (Å²) in [6, 6.07) is 31.2. The van der Waals surface area contributed by atoms with Crippen molar-refractivity contribution in [3.05, 3.63) is 108 Å². The van der Waals surface area contributed by atoms with Gasteiger partial charge in [0.05, 0.1) is 27.3 Å². The molecule has 0 spiro atoms. The van der Waals surface area contributed by atoms with Gasteiger partial charge in [-0.05, 0) is 29.8 Å². The van der Waals surface area contributed by atoms with Crippen LogP contribution in [0.3, 0.4) is 0 Å². The van der Waals surface area contributed by atoms with Crippen LogP contribution in [0.4, 0.5) is 0 Å². The van der Waals surface area contributed by atoms with Crippen molar-refractivity contribution < 1.29 is 0 Å². The first kappa shape index (κ1) is 21.1. The molecule has 0 amide bonds. The predicted octanol–water partition coefficient (Wildman–Crippen LogP) is 7.79. The second-order valence-electron chi connectivity index (χ2n) is 9.57. The van der Waals surface area contributed by atoms with Gasteiger partial charge < -0.3 is 0 Å². The number of nitrogens with zero attached hydrogens (tertiary/aromatic N) is 4. The van der Waals surface area contributed by atoms with Crippen LogP contribution in [-0.2, 0) is 5.41 Å². The monoisotopic (exact) mass is 482 g/mol. The molecule has 6 aromatic rings. The van der Waals surface area contributed by atoms with Gasteiger partial charge in [0.1, 0.15) is 5.01 Å². The second-order valence-corrected chi connectivity index (χ2v) is 10.6. The Morgan fingerprint density at radius 3 is 2.22 bits per heavy atom. The van der Waals surface area contributed by atoms with Crippen LogP contribution in [-0.4, -0.2) is 19.9 Å². The Labute approximate surface area is 213 Å². The van der Waals surface area contributed by atoms with Crippen molar-refractivity contribution in [1.82, 2.24) is 19.9 Å². The Hall–Kier alpha value is -4.22. The van der Waals surface area contributed by atoms with E-state index >= 15 is 0 Å². The van der Waals surface area contributed by atoms with Crippen LogP contribution in [0.15, 0.2) is 97.2 Å². The van der Waals surface area contributed by atoms with Crippen LogP contribution in [0.25, 0.3) is 54.8 Å². The topological polar surface area (TPSA) is 51.6 Å². The van der Waals surface area contributed by atoms with Crippen LogP contribution in [0.2, 0.25) is 0 Å². The molecule has 0 radical (unpaired) electrons. The van der Waals surface area contributed by atoms with Crippen LogP contribution in [0.1, 0.15) is 25.0 Å². The van der Waals surface area contributed by atoms with Crippen molar-refractivity contribution in [3.63, 3.8) is 0 Å². The largest absolute Gasteiger partial charge is 0.253 e. The Bertz CT molecular complexity index is 1720. The maximum atomic E-state index is 5.14. The molecule has 0 saturated carbocycles. The Morgan fingerprint density at radius 1 is 0.667 bits per heavy atom. The molecule has 0 fully saturated rings. The Kier molecular flexibility index (Phi) is 4.63. The van der Waals surface area contributed by atoms with E-state index in [-0.39, 0.29) is 5.41 Å². The van der Waals surface area contributed by atoms with Gasteiger partial charge in [-0.1, -0.05) is 80.6 Å². The van der Waals surface area contributed by atoms with Gasteiger partial charge in [-0.2, -0.15) is 0 Å². The van der Waals surface area contributed by atoms with Gasteiger partial charge in [0, 0.05) is 33.9 Å². The number of thiazole rings is 1. The lowest BCUT2D eigenvalue weighted by Crippen LogP contribution is -2.17. The predicted molar refractivity (Wildman–Crippen MR) is 147 cm³/mol. The molecule has 0 aliphatic heterocycles. The lowest BCUT2D eigenvalue weighted by atomic mass is 9.81. The third kappa shape index (κ3) is 3.20. The van der Waals surface area contributed by atoms with Crippen molar-refractivity contribution in [2.75, 3.05) is 0 Å². The fourth-order valence-corrected chi connectivity index (χ4v) is 6.13. The van der Waals surface area contributed by atoms with E-state index in [1.807, 2.05) is 36.5 Å². The molecule has 1 aliphatic rings. The van der Waals surface area contributed by atoms with Crippen molar-refractivity contribution in [3.8, 4) is 44.6 Å². The summed E-state index contributed by atoms with van der Waals surface area (Å²) in [6.45, 7) is 4.53. The van der Waals surface area contributed by atoms with E-state index in [0.29, 0.717) is 5.82 Å². The summed E-state index contributed by atoms with van der Waals surface area (Å²) in [6.07, 6.45) is 1.86. The van der Waals surface area contributed by atoms with Crippen molar-refractivity contribution in [2.24, 2.45) is 0 Å². The zero-order chi connectivity index (χ0) is 24.3. The van der Waals surface area contributed by atoms with Gasteiger partial charge in [-0.15, -0.1) is 11.3 Å². The van der Waals surface area contributed by atoms with Crippen LogP contribution >= 0.6 is 11.3 Å². The first-order valence-electron chi connectivity index (χ1n) is 12.0. The highest BCUT2D eigenvalue weighted by molar-refractivity contribution is 7.21. The highest BCUT2D eigenvalue weighted by Crippen LogP contribution is 2.51. The molecule has 4 nitrogen and oxygen atoms in total. The minimum atomic E-state index is -0.190. The molecular weight excluding hydrogens is 460 g/mol. The van der Waals surface area contributed by atoms with Crippen molar-refractivity contribution >= 4 is 21.6 Å². The third-order valence-corrected chi connectivity index (χ3v) is 8.03. The van der Waals surface area contributed by atoms with E-state index in [9.17, 15) is 0 Å². The van der Waals surface area contributed by atoms with Crippen LogP contribution in [0, 0.1) is 0 Å². The van der Waals surface area contributed by atoms with Crippen LogP contribution < -0.4 is 0 Å². The van der Waals surface area contributed by atoms with Gasteiger partial charge in [0.15, 0.2) is 5.82 Å². The van der Waals surface area contributed by atoms with Gasteiger partial charge in [0.2, 0.25) is 0 Å². The average Bonchev–Trinajstić information content (AvgIpc) is 3.46. The number of hydrogen-bond acceptors (Lipinski definition) is 5. The minimum absolute atomic E-state index is 0.190. The quantitative estimate of drug-likeness (QED) is 0.258. The number of pyridine rings is 1. The second kappa shape index (κ2) is 7.90. The van der Waals surface area contributed by atoms with Gasteiger partial charge in [-0.25, -0.2) is 15.0 Å². The maximum Gasteiger partial charge on any atom is 0.161 e. The summed E-state index contributed by atoms with van der Waals surface area (Å²) in [4.78, 5) is 19.8. The summed E-state index contributed by atoms with van der Waals surface area (Å²) in [7, 11) is 0. The smallest absolute Gasteiger partial charge is 0.161 e. The first-order valence-corrected chi connectivity index (χ1v) is 12.8. The van der Waals surface area contributed by atoms with E-state index in [4.69, 9.17) is 19.9 Å². The summed E-state index contributed by atoms with van der Waals surface area (Å²) in [5.74, 6) is 0.684. The Balaban J connectivity index is 1.39. The molecule has 0 N–H and O–H groups in total. The molecule has 36 heavy (non-hydrogen) atoms. The van der Waals surface area contributed by atoms with Crippen molar-refractivity contribution in [2.45, 2.75) is 19.3 Å². The highest BCUT2D eigenvalue weighted by atomic mass is 32.1. The fraction of sp³-hybridized carbons (Fsp3) is 0.0968. The lowest BCUT2D eigenvalue weighted by molar-refractivity contribution is 0.658. The molecule has 1 aliphatic carbocycles. The number of rotatable bonds is 3. The maximum absolute atomic E-state index is 5.14. The first-order chi connectivity index (χ1) is 17.6.